The zero-order chi connectivity index (χ0) is 26.7. The number of nitrogens with zero attached hydrogens (tertiary/aromatic N) is 1. The molecule has 4 rings (SSSR count). The number of hydrogen-bond donors (Lipinski definition) is 2. The van der Waals surface area contributed by atoms with Crippen molar-refractivity contribution in [3.8, 4) is 0 Å². The molecule has 4 aromatic carbocycles. The van der Waals surface area contributed by atoms with Crippen LogP contribution in [0.15, 0.2) is 109 Å². The van der Waals surface area contributed by atoms with Gasteiger partial charge in [-0.25, -0.2) is 8.78 Å². The molecule has 198 valence electrons. The summed E-state index contributed by atoms with van der Waals surface area (Å²) in [5.41, 5.74) is 10.1. The molecular formula is C32H34F2N2O2. The minimum absolute atomic E-state index is 0.279. The van der Waals surface area contributed by atoms with Crippen molar-refractivity contribution >= 4 is 0 Å². The van der Waals surface area contributed by atoms with Crippen LogP contribution in [0.2, 0.25) is 0 Å². The van der Waals surface area contributed by atoms with Crippen LogP contribution in [0.1, 0.15) is 22.3 Å². The van der Waals surface area contributed by atoms with E-state index in [0.717, 1.165) is 22.8 Å². The van der Waals surface area contributed by atoms with Gasteiger partial charge >= 0.3 is 0 Å². The summed E-state index contributed by atoms with van der Waals surface area (Å²) in [5.74, 6) is -1.27. The number of halogens is 2. The van der Waals surface area contributed by atoms with Crippen molar-refractivity contribution in [2.75, 3.05) is 6.61 Å². The average molecular weight is 517 g/mol. The lowest BCUT2D eigenvalue weighted by Gasteiger charge is -2.39. The average Bonchev–Trinajstić information content (AvgIpc) is 2.93. The number of ether oxygens (including phenoxy) is 1. The van der Waals surface area contributed by atoms with Crippen molar-refractivity contribution in [2.45, 2.75) is 44.3 Å². The van der Waals surface area contributed by atoms with Gasteiger partial charge < -0.3 is 15.6 Å². The molecule has 6 heteroatoms. The predicted octanol–water partition coefficient (Wildman–Crippen LogP) is 5.48. The molecule has 0 saturated carbocycles. The number of benzene rings is 4. The fraction of sp³-hybridized carbons (Fsp3) is 0.250. The molecule has 0 aliphatic heterocycles. The highest BCUT2D eigenvalue weighted by Gasteiger charge is 2.33. The summed E-state index contributed by atoms with van der Waals surface area (Å²) in [7, 11) is 0. The zero-order valence-electron chi connectivity index (χ0n) is 21.3. The van der Waals surface area contributed by atoms with Crippen LogP contribution in [-0.2, 0) is 30.9 Å². The normalized spacial score (nSPS) is 13.8. The summed E-state index contributed by atoms with van der Waals surface area (Å²) >= 11 is 0. The van der Waals surface area contributed by atoms with E-state index in [0.29, 0.717) is 18.7 Å². The lowest BCUT2D eigenvalue weighted by molar-refractivity contribution is -0.0509. The lowest BCUT2D eigenvalue weighted by Crippen LogP contribution is -2.54. The van der Waals surface area contributed by atoms with Crippen LogP contribution < -0.4 is 5.73 Å². The van der Waals surface area contributed by atoms with Crippen LogP contribution in [0, 0.1) is 11.6 Å². The maximum Gasteiger partial charge on any atom is 0.126 e. The first-order chi connectivity index (χ1) is 18.5. The van der Waals surface area contributed by atoms with Gasteiger partial charge in [0.25, 0.3) is 0 Å². The molecule has 0 bridgehead atoms. The number of nitrogens with two attached hydrogens (primary N) is 1. The third-order valence-corrected chi connectivity index (χ3v) is 6.59. The van der Waals surface area contributed by atoms with Gasteiger partial charge in [-0.2, -0.15) is 0 Å². The van der Waals surface area contributed by atoms with Crippen LogP contribution in [0.25, 0.3) is 0 Å². The number of rotatable bonds is 13. The first kappa shape index (κ1) is 27.6. The summed E-state index contributed by atoms with van der Waals surface area (Å²) in [5, 5.41) is 10.1. The van der Waals surface area contributed by atoms with Gasteiger partial charge in [0.1, 0.15) is 11.6 Å². The molecule has 0 aromatic heterocycles. The highest BCUT2D eigenvalue weighted by molar-refractivity contribution is 5.22. The van der Waals surface area contributed by atoms with E-state index < -0.39 is 29.8 Å². The van der Waals surface area contributed by atoms with Crippen molar-refractivity contribution in [3.05, 3.63) is 143 Å². The molecule has 0 radical (unpaired) electrons. The van der Waals surface area contributed by atoms with E-state index in [1.807, 2.05) is 91.0 Å². The smallest absolute Gasteiger partial charge is 0.126 e. The number of hydrogen-bond acceptors (Lipinski definition) is 4. The monoisotopic (exact) mass is 516 g/mol. The van der Waals surface area contributed by atoms with E-state index in [4.69, 9.17) is 10.5 Å². The summed E-state index contributed by atoms with van der Waals surface area (Å²) in [6, 6.07) is 32.2. The lowest BCUT2D eigenvalue weighted by atomic mass is 9.93. The molecule has 0 saturated heterocycles. The summed E-state index contributed by atoms with van der Waals surface area (Å²) < 4.78 is 34.9. The molecule has 4 nitrogen and oxygen atoms in total. The van der Waals surface area contributed by atoms with Gasteiger partial charge in [-0.15, -0.1) is 0 Å². The van der Waals surface area contributed by atoms with Gasteiger partial charge in [0.05, 0.1) is 25.4 Å². The van der Waals surface area contributed by atoms with E-state index in [-0.39, 0.29) is 19.6 Å². The maximum atomic E-state index is 14.2. The van der Waals surface area contributed by atoms with E-state index in [1.165, 1.54) is 12.1 Å². The summed E-state index contributed by atoms with van der Waals surface area (Å²) in [6.07, 6.45) is -0.347. The first-order valence-electron chi connectivity index (χ1n) is 12.8. The Morgan fingerprint density at radius 1 is 0.684 bits per heavy atom. The fourth-order valence-corrected chi connectivity index (χ4v) is 4.74. The predicted molar refractivity (Wildman–Crippen MR) is 146 cm³/mol. The fourth-order valence-electron chi connectivity index (χ4n) is 4.74. The van der Waals surface area contributed by atoms with E-state index in [1.54, 1.807) is 0 Å². The highest BCUT2D eigenvalue weighted by Crippen LogP contribution is 2.24. The van der Waals surface area contributed by atoms with Crippen molar-refractivity contribution in [1.82, 2.24) is 4.90 Å². The van der Waals surface area contributed by atoms with Gasteiger partial charge in [-0.3, -0.25) is 4.90 Å². The van der Waals surface area contributed by atoms with Crippen molar-refractivity contribution < 1.29 is 18.6 Å². The van der Waals surface area contributed by atoms with Crippen LogP contribution in [-0.4, -0.2) is 34.8 Å². The Labute approximate surface area is 223 Å². The van der Waals surface area contributed by atoms with Gasteiger partial charge in [0.2, 0.25) is 0 Å². The Balaban J connectivity index is 1.73. The van der Waals surface area contributed by atoms with Gasteiger partial charge in [0, 0.05) is 25.2 Å². The molecule has 0 aliphatic carbocycles. The molecular weight excluding hydrogens is 482 g/mol. The topological polar surface area (TPSA) is 58.7 Å². The molecule has 38 heavy (non-hydrogen) atoms. The molecule has 4 aromatic rings. The van der Waals surface area contributed by atoms with Crippen molar-refractivity contribution in [1.29, 1.82) is 0 Å². The molecule has 3 atom stereocenters. The van der Waals surface area contributed by atoms with Crippen molar-refractivity contribution in [3.63, 3.8) is 0 Å². The van der Waals surface area contributed by atoms with E-state index in [9.17, 15) is 13.9 Å². The Bertz CT molecular complexity index is 1180. The quantitative estimate of drug-likeness (QED) is 0.247. The van der Waals surface area contributed by atoms with Gasteiger partial charge in [-0.1, -0.05) is 91.0 Å². The highest BCUT2D eigenvalue weighted by atomic mass is 19.1. The molecule has 3 unspecified atom stereocenters. The summed E-state index contributed by atoms with van der Waals surface area (Å²) in [4.78, 5) is 2.22. The second-order valence-corrected chi connectivity index (χ2v) is 9.53. The molecule has 0 spiro atoms. The van der Waals surface area contributed by atoms with E-state index in [2.05, 4.69) is 4.90 Å². The first-order valence-corrected chi connectivity index (χ1v) is 12.8. The molecule has 0 fully saturated rings. The largest absolute Gasteiger partial charge is 0.395 e. The minimum atomic E-state index is -0.712. The van der Waals surface area contributed by atoms with Gasteiger partial charge in [-0.05, 0) is 40.8 Å². The summed E-state index contributed by atoms with van der Waals surface area (Å²) in [6.45, 7) is 1.11. The molecule has 0 heterocycles. The van der Waals surface area contributed by atoms with Crippen LogP contribution in [0.4, 0.5) is 8.78 Å². The van der Waals surface area contributed by atoms with Crippen molar-refractivity contribution in [2.24, 2.45) is 5.73 Å². The Morgan fingerprint density at radius 2 is 1.16 bits per heavy atom. The second kappa shape index (κ2) is 13.9. The van der Waals surface area contributed by atoms with Crippen LogP contribution in [0.3, 0.4) is 0 Å². The molecule has 3 N–H and O–H groups in total. The third-order valence-electron chi connectivity index (χ3n) is 6.59. The van der Waals surface area contributed by atoms with Crippen LogP contribution >= 0.6 is 0 Å². The Morgan fingerprint density at radius 3 is 1.63 bits per heavy atom. The maximum absolute atomic E-state index is 14.2. The minimum Gasteiger partial charge on any atom is -0.395 e. The zero-order valence-corrected chi connectivity index (χ0v) is 21.3. The Kier molecular flexibility index (Phi) is 10.1. The molecule has 0 aliphatic rings. The molecule has 0 amide bonds. The van der Waals surface area contributed by atoms with E-state index >= 15 is 0 Å². The van der Waals surface area contributed by atoms with Gasteiger partial charge in [0.15, 0.2) is 0 Å². The number of aliphatic hydroxyl groups is 1. The Hall–Kier alpha value is -3.42. The standard InChI is InChI=1S/C32H34F2N2O2/c33-28-16-27(17-29(34)19-28)18-31(32(30(35)22-37)38-23-26-14-8-3-9-15-26)36(20-24-10-4-1-5-11-24)21-25-12-6-2-7-13-25/h1-17,19,30-32,37H,18,20-23,35H2. The second-order valence-electron chi connectivity index (χ2n) is 9.53. The third kappa shape index (κ3) is 8.04. The SMILES string of the molecule is NC(CO)C(OCc1ccccc1)C(Cc1cc(F)cc(F)c1)N(Cc1ccccc1)Cc1ccccc1. The number of aliphatic hydroxyl groups excluding tert-OH is 1. The van der Waals surface area contributed by atoms with Crippen LogP contribution in [0.5, 0.6) is 0 Å².